The van der Waals surface area contributed by atoms with Crippen molar-refractivity contribution in [3.63, 3.8) is 0 Å². The van der Waals surface area contributed by atoms with Gasteiger partial charge in [0.25, 0.3) is 0 Å². The van der Waals surface area contributed by atoms with E-state index in [9.17, 15) is 9.18 Å². The molecule has 3 heteroatoms. The molecule has 0 saturated carbocycles. The summed E-state index contributed by atoms with van der Waals surface area (Å²) in [7, 11) is 0. The molecule has 0 fully saturated rings. The topological polar surface area (TPSA) is 26.3 Å². The van der Waals surface area contributed by atoms with Crippen molar-refractivity contribution in [1.29, 1.82) is 0 Å². The predicted octanol–water partition coefficient (Wildman–Crippen LogP) is 2.33. The summed E-state index contributed by atoms with van der Waals surface area (Å²) in [5.74, 6) is -0.445. The number of carbonyl (C=O) groups is 1. The third kappa shape index (κ3) is 5.10. The first-order valence-electron chi connectivity index (χ1n) is 4.23. The average molecular weight is 176 g/mol. The Hall–Kier alpha value is -0.600. The molecule has 0 aromatic carbocycles. The highest BCUT2D eigenvalue weighted by Crippen LogP contribution is 2.19. The van der Waals surface area contributed by atoms with E-state index in [4.69, 9.17) is 4.74 Å². The van der Waals surface area contributed by atoms with Crippen molar-refractivity contribution in [2.75, 3.05) is 13.3 Å². The molecule has 0 aromatic rings. The van der Waals surface area contributed by atoms with Crippen LogP contribution in [0.1, 0.15) is 33.6 Å². The van der Waals surface area contributed by atoms with Gasteiger partial charge in [0.05, 0.1) is 19.7 Å². The third-order valence-corrected chi connectivity index (χ3v) is 1.88. The molecule has 0 aliphatic carbocycles. The summed E-state index contributed by atoms with van der Waals surface area (Å²) < 4.78 is 16.5. The van der Waals surface area contributed by atoms with E-state index >= 15 is 0 Å². The van der Waals surface area contributed by atoms with Crippen molar-refractivity contribution in [2.24, 2.45) is 5.41 Å². The lowest BCUT2D eigenvalue weighted by atomic mass is 9.92. The summed E-state index contributed by atoms with van der Waals surface area (Å²) in [6.45, 7) is 5.79. The number of esters is 1. The standard InChI is InChI=1S/C9H17FO2/c1-4-9(2,3)7-12-8(11)5-6-10/h4-7H2,1-3H3. The smallest absolute Gasteiger partial charge is 0.308 e. The van der Waals surface area contributed by atoms with Crippen LogP contribution in [0.2, 0.25) is 0 Å². The summed E-state index contributed by atoms with van der Waals surface area (Å²) in [6.07, 6.45) is 0.815. The van der Waals surface area contributed by atoms with Gasteiger partial charge in [-0.2, -0.15) is 0 Å². The fourth-order valence-corrected chi connectivity index (χ4v) is 0.527. The van der Waals surface area contributed by atoms with E-state index in [1.807, 2.05) is 20.8 Å². The minimum Gasteiger partial charge on any atom is -0.465 e. The molecule has 0 radical (unpaired) electrons. The van der Waals surface area contributed by atoms with Crippen LogP contribution in [0, 0.1) is 5.41 Å². The second-order valence-corrected chi connectivity index (χ2v) is 3.62. The van der Waals surface area contributed by atoms with Gasteiger partial charge in [0.2, 0.25) is 0 Å². The van der Waals surface area contributed by atoms with Crippen molar-refractivity contribution < 1.29 is 13.9 Å². The molecule has 0 heterocycles. The third-order valence-electron chi connectivity index (χ3n) is 1.88. The zero-order chi connectivity index (χ0) is 9.61. The summed E-state index contributed by atoms with van der Waals surface area (Å²) in [4.78, 5) is 10.7. The zero-order valence-corrected chi connectivity index (χ0v) is 8.02. The molecule has 0 bridgehead atoms. The van der Waals surface area contributed by atoms with Crippen LogP contribution >= 0.6 is 0 Å². The van der Waals surface area contributed by atoms with Gasteiger partial charge in [-0.15, -0.1) is 0 Å². The van der Waals surface area contributed by atoms with Crippen molar-refractivity contribution in [3.8, 4) is 0 Å². The first-order chi connectivity index (χ1) is 5.52. The lowest BCUT2D eigenvalue weighted by Gasteiger charge is -2.21. The molecule has 0 atom stereocenters. The minimum atomic E-state index is -0.634. The Labute approximate surface area is 73.1 Å². The van der Waals surface area contributed by atoms with Crippen molar-refractivity contribution in [3.05, 3.63) is 0 Å². The van der Waals surface area contributed by atoms with Gasteiger partial charge in [-0.05, 0) is 11.8 Å². The molecule has 0 unspecified atom stereocenters. The fraction of sp³-hybridized carbons (Fsp3) is 0.889. The molecule has 72 valence electrons. The van der Waals surface area contributed by atoms with Crippen LogP contribution in [0.15, 0.2) is 0 Å². The Morgan fingerprint density at radius 3 is 2.50 bits per heavy atom. The number of ether oxygens (including phenoxy) is 1. The molecule has 12 heavy (non-hydrogen) atoms. The van der Waals surface area contributed by atoms with Crippen molar-refractivity contribution in [2.45, 2.75) is 33.6 Å². The van der Waals surface area contributed by atoms with E-state index in [2.05, 4.69) is 0 Å². The normalized spacial score (nSPS) is 11.3. The van der Waals surface area contributed by atoms with Crippen LogP contribution in [0.25, 0.3) is 0 Å². The Bertz CT molecular complexity index is 143. The van der Waals surface area contributed by atoms with Gasteiger partial charge in [0, 0.05) is 0 Å². The van der Waals surface area contributed by atoms with Gasteiger partial charge in [0.15, 0.2) is 0 Å². The second kappa shape index (κ2) is 5.12. The molecule has 0 saturated heterocycles. The van der Waals surface area contributed by atoms with Crippen LogP contribution in [-0.2, 0) is 9.53 Å². The Morgan fingerprint density at radius 1 is 1.50 bits per heavy atom. The maximum atomic E-state index is 11.6. The van der Waals surface area contributed by atoms with Crippen LogP contribution in [-0.4, -0.2) is 19.3 Å². The van der Waals surface area contributed by atoms with E-state index in [1.165, 1.54) is 0 Å². The fourth-order valence-electron chi connectivity index (χ4n) is 0.527. The summed E-state index contributed by atoms with van der Waals surface area (Å²) in [6, 6.07) is 0. The van der Waals surface area contributed by atoms with E-state index in [-0.39, 0.29) is 11.8 Å². The van der Waals surface area contributed by atoms with Crippen LogP contribution in [0.5, 0.6) is 0 Å². The number of rotatable bonds is 5. The number of carbonyl (C=O) groups excluding carboxylic acids is 1. The molecule has 0 N–H and O–H groups in total. The molecule has 0 amide bonds. The van der Waals surface area contributed by atoms with E-state index in [0.29, 0.717) is 6.61 Å². The Balaban J connectivity index is 3.60. The van der Waals surface area contributed by atoms with Gasteiger partial charge in [-0.1, -0.05) is 20.8 Å². The zero-order valence-electron chi connectivity index (χ0n) is 8.02. The molecule has 0 aliphatic rings. The largest absolute Gasteiger partial charge is 0.465 e. The number of hydrogen-bond donors (Lipinski definition) is 0. The maximum Gasteiger partial charge on any atom is 0.308 e. The molecule has 0 spiro atoms. The lowest BCUT2D eigenvalue weighted by Crippen LogP contribution is -2.21. The SMILES string of the molecule is CCC(C)(C)COC(=O)CCF. The van der Waals surface area contributed by atoms with E-state index in [1.54, 1.807) is 0 Å². The summed E-state index contributed by atoms with van der Waals surface area (Å²) in [5, 5.41) is 0. The Morgan fingerprint density at radius 2 is 2.08 bits per heavy atom. The first-order valence-corrected chi connectivity index (χ1v) is 4.23. The minimum absolute atomic E-state index is 0.00593. The van der Waals surface area contributed by atoms with E-state index in [0.717, 1.165) is 6.42 Å². The van der Waals surface area contributed by atoms with Crippen LogP contribution in [0.3, 0.4) is 0 Å². The molecular formula is C9H17FO2. The van der Waals surface area contributed by atoms with E-state index < -0.39 is 12.6 Å². The molecule has 0 aliphatic heterocycles. The number of halogens is 1. The predicted molar refractivity (Wildman–Crippen MR) is 45.6 cm³/mol. The summed E-state index contributed by atoms with van der Waals surface area (Å²) in [5.41, 5.74) is 0.00593. The quantitative estimate of drug-likeness (QED) is 0.601. The number of alkyl halides is 1. The monoisotopic (exact) mass is 176 g/mol. The van der Waals surface area contributed by atoms with Crippen molar-refractivity contribution >= 4 is 5.97 Å². The average Bonchev–Trinajstić information content (AvgIpc) is 2.02. The second-order valence-electron chi connectivity index (χ2n) is 3.62. The summed E-state index contributed by atoms with van der Waals surface area (Å²) >= 11 is 0. The van der Waals surface area contributed by atoms with Gasteiger partial charge in [0.1, 0.15) is 0 Å². The number of hydrogen-bond acceptors (Lipinski definition) is 2. The van der Waals surface area contributed by atoms with Crippen LogP contribution in [0.4, 0.5) is 4.39 Å². The lowest BCUT2D eigenvalue weighted by molar-refractivity contribution is -0.147. The van der Waals surface area contributed by atoms with Crippen molar-refractivity contribution in [1.82, 2.24) is 0 Å². The highest BCUT2D eigenvalue weighted by molar-refractivity contribution is 5.69. The maximum absolute atomic E-state index is 11.6. The molecule has 0 aromatic heterocycles. The highest BCUT2D eigenvalue weighted by atomic mass is 19.1. The first kappa shape index (κ1) is 11.4. The Kier molecular flexibility index (Phi) is 4.86. The van der Waals surface area contributed by atoms with Crippen LogP contribution < -0.4 is 0 Å². The highest BCUT2D eigenvalue weighted by Gasteiger charge is 2.17. The molecular weight excluding hydrogens is 159 g/mol. The van der Waals surface area contributed by atoms with Gasteiger partial charge in [-0.25, -0.2) is 0 Å². The van der Waals surface area contributed by atoms with Gasteiger partial charge in [-0.3, -0.25) is 9.18 Å². The van der Waals surface area contributed by atoms with Gasteiger partial charge >= 0.3 is 5.97 Å². The molecule has 0 rings (SSSR count). The van der Waals surface area contributed by atoms with Gasteiger partial charge < -0.3 is 4.74 Å². The molecule has 2 nitrogen and oxygen atoms in total.